The second-order valence-corrected chi connectivity index (χ2v) is 4.37. The Morgan fingerprint density at radius 1 is 1.56 bits per heavy atom. The van der Waals surface area contributed by atoms with Crippen molar-refractivity contribution in [2.24, 2.45) is 7.05 Å². The summed E-state index contributed by atoms with van der Waals surface area (Å²) >= 11 is 0. The zero-order valence-electron chi connectivity index (χ0n) is 10.8. The standard InChI is InChI=1S/C13H19N3O2/c1-3-18-13(17)11-8-15-16(2)12(11)9-14-10-6-4-5-7-10/h4-5,8,10,14H,3,6-7,9H2,1-2H3. The summed E-state index contributed by atoms with van der Waals surface area (Å²) < 4.78 is 6.75. The summed E-state index contributed by atoms with van der Waals surface area (Å²) in [5.74, 6) is -0.299. The van der Waals surface area contributed by atoms with Gasteiger partial charge in [-0.2, -0.15) is 5.10 Å². The molecule has 0 amide bonds. The number of nitrogens with one attached hydrogen (secondary N) is 1. The summed E-state index contributed by atoms with van der Waals surface area (Å²) in [5, 5.41) is 7.56. The van der Waals surface area contributed by atoms with Crippen LogP contribution in [0.25, 0.3) is 0 Å². The van der Waals surface area contributed by atoms with Crippen LogP contribution < -0.4 is 5.32 Å². The molecule has 1 heterocycles. The molecule has 0 spiro atoms. The van der Waals surface area contributed by atoms with Gasteiger partial charge in [-0.1, -0.05) is 12.2 Å². The van der Waals surface area contributed by atoms with E-state index in [1.165, 1.54) is 0 Å². The predicted octanol–water partition coefficient (Wildman–Crippen LogP) is 1.40. The molecule has 0 fully saturated rings. The summed E-state index contributed by atoms with van der Waals surface area (Å²) in [5.41, 5.74) is 1.43. The smallest absolute Gasteiger partial charge is 0.341 e. The third-order valence-electron chi connectivity index (χ3n) is 3.12. The molecule has 1 aromatic heterocycles. The molecule has 98 valence electrons. The average molecular weight is 249 g/mol. The van der Waals surface area contributed by atoms with Gasteiger partial charge in [-0.25, -0.2) is 4.79 Å². The average Bonchev–Trinajstić information content (AvgIpc) is 2.96. The highest BCUT2D eigenvalue weighted by Crippen LogP contribution is 2.13. The Bertz CT molecular complexity index is 443. The first-order valence-electron chi connectivity index (χ1n) is 6.28. The Hall–Kier alpha value is -1.62. The van der Waals surface area contributed by atoms with Gasteiger partial charge >= 0.3 is 5.97 Å². The normalized spacial score (nSPS) is 15.2. The highest BCUT2D eigenvalue weighted by Gasteiger charge is 2.18. The largest absolute Gasteiger partial charge is 0.462 e. The molecule has 2 rings (SSSR count). The van der Waals surface area contributed by atoms with Gasteiger partial charge in [0.15, 0.2) is 0 Å². The topological polar surface area (TPSA) is 56.1 Å². The highest BCUT2D eigenvalue weighted by molar-refractivity contribution is 5.90. The Morgan fingerprint density at radius 2 is 2.28 bits per heavy atom. The summed E-state index contributed by atoms with van der Waals surface area (Å²) in [6.45, 7) is 2.82. The molecule has 0 aliphatic heterocycles. The van der Waals surface area contributed by atoms with Crippen molar-refractivity contribution in [2.75, 3.05) is 6.61 Å². The molecule has 18 heavy (non-hydrogen) atoms. The van der Waals surface area contributed by atoms with E-state index in [1.807, 2.05) is 7.05 Å². The molecule has 5 nitrogen and oxygen atoms in total. The van der Waals surface area contributed by atoms with Crippen molar-refractivity contribution >= 4 is 5.97 Å². The van der Waals surface area contributed by atoms with Crippen LogP contribution in [0.4, 0.5) is 0 Å². The van der Waals surface area contributed by atoms with Crippen LogP contribution in [-0.2, 0) is 18.3 Å². The van der Waals surface area contributed by atoms with E-state index >= 15 is 0 Å². The van der Waals surface area contributed by atoms with Crippen molar-refractivity contribution in [1.29, 1.82) is 0 Å². The first kappa shape index (κ1) is 12.8. The van der Waals surface area contributed by atoms with E-state index in [1.54, 1.807) is 17.8 Å². The predicted molar refractivity (Wildman–Crippen MR) is 68.2 cm³/mol. The van der Waals surface area contributed by atoms with Gasteiger partial charge < -0.3 is 10.1 Å². The first-order chi connectivity index (χ1) is 8.72. The van der Waals surface area contributed by atoms with Crippen LogP contribution in [0.2, 0.25) is 0 Å². The molecule has 1 N–H and O–H groups in total. The number of esters is 1. The first-order valence-corrected chi connectivity index (χ1v) is 6.28. The molecular formula is C13H19N3O2. The third kappa shape index (κ3) is 2.79. The Balaban J connectivity index is 2.01. The lowest BCUT2D eigenvalue weighted by molar-refractivity contribution is 0.0524. The minimum absolute atomic E-state index is 0.299. The van der Waals surface area contributed by atoms with Gasteiger partial charge in [-0.3, -0.25) is 4.68 Å². The molecule has 0 bridgehead atoms. The van der Waals surface area contributed by atoms with Crippen LogP contribution in [0.15, 0.2) is 18.3 Å². The van der Waals surface area contributed by atoms with Gasteiger partial charge in [-0.05, 0) is 19.8 Å². The maximum Gasteiger partial charge on any atom is 0.341 e. The summed E-state index contributed by atoms with van der Waals surface area (Å²) in [6, 6.07) is 0.468. The van der Waals surface area contributed by atoms with Gasteiger partial charge in [0.2, 0.25) is 0 Å². The van der Waals surface area contributed by atoms with E-state index in [9.17, 15) is 4.79 Å². The lowest BCUT2D eigenvalue weighted by Crippen LogP contribution is -2.27. The Kier molecular flexibility index (Phi) is 4.15. The van der Waals surface area contributed by atoms with Crippen molar-refractivity contribution in [3.05, 3.63) is 29.6 Å². The van der Waals surface area contributed by atoms with Crippen LogP contribution in [-0.4, -0.2) is 28.4 Å². The molecule has 1 aliphatic rings. The van der Waals surface area contributed by atoms with Crippen molar-refractivity contribution in [2.45, 2.75) is 32.4 Å². The number of hydrogen-bond acceptors (Lipinski definition) is 4. The SMILES string of the molecule is CCOC(=O)c1cnn(C)c1CNC1CC=CC1. The number of aryl methyl sites for hydroxylation is 1. The number of carbonyl (C=O) groups is 1. The number of carbonyl (C=O) groups excluding carboxylic acids is 1. The van der Waals surface area contributed by atoms with E-state index in [4.69, 9.17) is 4.74 Å². The van der Waals surface area contributed by atoms with Gasteiger partial charge in [0.05, 0.1) is 18.5 Å². The highest BCUT2D eigenvalue weighted by atomic mass is 16.5. The lowest BCUT2D eigenvalue weighted by Gasteiger charge is -2.13. The second kappa shape index (κ2) is 5.82. The van der Waals surface area contributed by atoms with Crippen LogP contribution >= 0.6 is 0 Å². The summed E-state index contributed by atoms with van der Waals surface area (Å²) in [7, 11) is 1.84. The fourth-order valence-electron chi connectivity index (χ4n) is 2.08. The zero-order chi connectivity index (χ0) is 13.0. The van der Waals surface area contributed by atoms with Crippen molar-refractivity contribution < 1.29 is 9.53 Å². The van der Waals surface area contributed by atoms with Crippen molar-refractivity contribution in [3.8, 4) is 0 Å². The van der Waals surface area contributed by atoms with Crippen LogP contribution in [0.1, 0.15) is 35.8 Å². The van der Waals surface area contributed by atoms with E-state index in [-0.39, 0.29) is 5.97 Å². The van der Waals surface area contributed by atoms with E-state index in [0.29, 0.717) is 24.8 Å². The quantitative estimate of drug-likeness (QED) is 0.633. The Labute approximate surface area is 107 Å². The number of hydrogen-bond donors (Lipinski definition) is 1. The molecule has 0 radical (unpaired) electrons. The van der Waals surface area contributed by atoms with Gasteiger partial charge in [0.25, 0.3) is 0 Å². The third-order valence-corrected chi connectivity index (χ3v) is 3.12. The molecule has 1 aliphatic carbocycles. The lowest BCUT2D eigenvalue weighted by atomic mass is 10.2. The molecular weight excluding hydrogens is 230 g/mol. The van der Waals surface area contributed by atoms with Crippen LogP contribution in [0.5, 0.6) is 0 Å². The molecule has 1 aromatic rings. The van der Waals surface area contributed by atoms with Crippen LogP contribution in [0.3, 0.4) is 0 Å². The molecule has 0 saturated carbocycles. The van der Waals surface area contributed by atoms with Gasteiger partial charge in [-0.15, -0.1) is 0 Å². The molecule has 0 atom stereocenters. The fourth-order valence-corrected chi connectivity index (χ4v) is 2.08. The van der Waals surface area contributed by atoms with Crippen LogP contribution in [0, 0.1) is 0 Å². The molecule has 0 saturated heterocycles. The molecule has 0 aromatic carbocycles. The maximum atomic E-state index is 11.8. The number of aromatic nitrogens is 2. The summed E-state index contributed by atoms with van der Waals surface area (Å²) in [4.78, 5) is 11.8. The summed E-state index contributed by atoms with van der Waals surface area (Å²) in [6.07, 6.45) is 8.02. The van der Waals surface area contributed by atoms with Crippen molar-refractivity contribution in [3.63, 3.8) is 0 Å². The molecule has 0 unspecified atom stereocenters. The minimum Gasteiger partial charge on any atom is -0.462 e. The maximum absolute atomic E-state index is 11.8. The zero-order valence-corrected chi connectivity index (χ0v) is 10.8. The number of nitrogens with zero attached hydrogens (tertiary/aromatic N) is 2. The minimum atomic E-state index is -0.299. The van der Waals surface area contributed by atoms with E-state index < -0.39 is 0 Å². The van der Waals surface area contributed by atoms with Gasteiger partial charge in [0, 0.05) is 19.6 Å². The Morgan fingerprint density at radius 3 is 2.94 bits per heavy atom. The van der Waals surface area contributed by atoms with E-state index in [2.05, 4.69) is 22.6 Å². The number of ether oxygens (including phenoxy) is 1. The fraction of sp³-hybridized carbons (Fsp3) is 0.538. The monoisotopic (exact) mass is 249 g/mol. The van der Waals surface area contributed by atoms with E-state index in [0.717, 1.165) is 18.5 Å². The number of rotatable bonds is 5. The van der Waals surface area contributed by atoms with Gasteiger partial charge in [0.1, 0.15) is 5.56 Å². The second-order valence-electron chi connectivity index (χ2n) is 4.37. The molecule has 5 heteroatoms. The van der Waals surface area contributed by atoms with Crippen molar-refractivity contribution in [1.82, 2.24) is 15.1 Å².